The Morgan fingerprint density at radius 2 is 1.69 bits per heavy atom. The quantitative estimate of drug-likeness (QED) is 0.351. The molecule has 1 aliphatic carbocycles. The topological polar surface area (TPSA) is 137 Å². The highest BCUT2D eigenvalue weighted by atomic mass is 35.5. The first-order valence-electron chi connectivity index (χ1n) is 16.0. The molecule has 5 rings (SSSR count). The van der Waals surface area contributed by atoms with Crippen LogP contribution in [0.4, 0.5) is 5.69 Å². The number of halogens is 1. The highest BCUT2D eigenvalue weighted by Crippen LogP contribution is 2.38. The Morgan fingerprint density at radius 3 is 2.29 bits per heavy atom. The van der Waals surface area contributed by atoms with E-state index in [2.05, 4.69) is 21.9 Å². The van der Waals surface area contributed by atoms with Gasteiger partial charge in [-0.15, -0.1) is 12.4 Å². The lowest BCUT2D eigenvalue weighted by Crippen LogP contribution is -2.73. The number of likely N-dealkylation sites (tertiary alicyclic amines) is 1. The Labute approximate surface area is 273 Å². The molecule has 45 heavy (non-hydrogen) atoms. The van der Waals surface area contributed by atoms with Gasteiger partial charge >= 0.3 is 0 Å². The molecule has 2 aromatic rings. The van der Waals surface area contributed by atoms with Crippen molar-refractivity contribution in [3.63, 3.8) is 0 Å². The lowest BCUT2D eigenvalue weighted by Gasteiger charge is -2.52. The number of piperidine rings is 1. The summed E-state index contributed by atoms with van der Waals surface area (Å²) in [4.78, 5) is 31.9. The van der Waals surface area contributed by atoms with Crippen molar-refractivity contribution in [2.75, 3.05) is 30.6 Å². The highest BCUT2D eigenvalue weighted by molar-refractivity contribution is 7.92. The van der Waals surface area contributed by atoms with E-state index in [-0.39, 0.29) is 24.2 Å². The van der Waals surface area contributed by atoms with E-state index in [1.807, 2.05) is 35.6 Å². The van der Waals surface area contributed by atoms with Gasteiger partial charge in [0.2, 0.25) is 21.8 Å². The molecule has 13 heteroatoms. The van der Waals surface area contributed by atoms with Gasteiger partial charge in [-0.2, -0.15) is 5.10 Å². The number of nitrogens with zero attached hydrogens (tertiary/aromatic N) is 4. The molecular formula is C32H49ClN6O5S. The number of unbranched alkanes of at least 4 members (excludes halogenated alkanes) is 1. The molecule has 3 fully saturated rings. The number of nitrogens with one attached hydrogen (secondary N) is 2. The fourth-order valence-corrected chi connectivity index (χ4v) is 7.85. The van der Waals surface area contributed by atoms with Gasteiger partial charge in [-0.05, 0) is 70.2 Å². The summed E-state index contributed by atoms with van der Waals surface area (Å²) in [5.74, 6) is -0.123. The molecule has 1 spiro atoms. The largest absolute Gasteiger partial charge is 0.390 e. The molecule has 11 nitrogen and oxygen atoms in total. The van der Waals surface area contributed by atoms with Crippen LogP contribution in [0.25, 0.3) is 5.69 Å². The fourth-order valence-electron chi connectivity index (χ4n) is 7.29. The Balaban J connectivity index is 0.00000461. The summed E-state index contributed by atoms with van der Waals surface area (Å²) in [6.07, 6.45) is 8.69. The van der Waals surface area contributed by atoms with Crippen LogP contribution in [-0.4, -0.2) is 88.0 Å². The molecule has 1 saturated carbocycles. The van der Waals surface area contributed by atoms with Gasteiger partial charge in [0.15, 0.2) is 0 Å². The first kappa shape index (κ1) is 35.2. The number of aliphatic hydroxyl groups is 1. The van der Waals surface area contributed by atoms with Crippen molar-refractivity contribution in [3.8, 4) is 5.69 Å². The minimum absolute atomic E-state index is 0. The van der Waals surface area contributed by atoms with E-state index in [1.165, 1.54) is 0 Å². The third-order valence-corrected chi connectivity index (χ3v) is 10.4. The lowest BCUT2D eigenvalue weighted by atomic mass is 9.77. The zero-order valence-corrected chi connectivity index (χ0v) is 28.6. The summed E-state index contributed by atoms with van der Waals surface area (Å²) in [6, 6.07) is 6.45. The van der Waals surface area contributed by atoms with Gasteiger partial charge in [-0.25, -0.2) is 13.1 Å². The molecule has 3 N–H and O–H groups in total. The summed E-state index contributed by atoms with van der Waals surface area (Å²) in [6.45, 7) is 8.70. The Bertz CT molecular complexity index is 1460. The van der Waals surface area contributed by atoms with Crippen LogP contribution in [0.3, 0.4) is 0 Å². The van der Waals surface area contributed by atoms with Crippen LogP contribution < -0.4 is 10.0 Å². The minimum atomic E-state index is -3.35. The zero-order chi connectivity index (χ0) is 31.7. The monoisotopic (exact) mass is 664 g/mol. The summed E-state index contributed by atoms with van der Waals surface area (Å²) in [5.41, 5.74) is 2.63. The molecule has 2 aliphatic heterocycles. The van der Waals surface area contributed by atoms with Crippen molar-refractivity contribution in [3.05, 3.63) is 41.2 Å². The van der Waals surface area contributed by atoms with Crippen molar-refractivity contribution < 1.29 is 23.1 Å². The number of benzene rings is 1. The van der Waals surface area contributed by atoms with Gasteiger partial charge in [0, 0.05) is 49.5 Å². The number of sulfonamides is 1. The molecule has 1 atom stereocenters. The smallest absolute Gasteiger partial charge is 0.246 e. The maximum atomic E-state index is 13.9. The predicted octanol–water partition coefficient (Wildman–Crippen LogP) is 3.83. The SMILES string of the molecule is CCCCN1C(=O)[C@@H](CC2(O)CCCCC2)NC(=O)C12CCN(Cc1c(C)nn(-c3ccc(NS(C)(=O)=O)cc3)c1C)CC2.Cl. The molecule has 2 saturated heterocycles. The van der Waals surface area contributed by atoms with Crippen molar-refractivity contribution in [2.24, 2.45) is 0 Å². The average molecular weight is 665 g/mol. The van der Waals surface area contributed by atoms with Crippen LogP contribution >= 0.6 is 12.4 Å². The predicted molar refractivity (Wildman–Crippen MR) is 177 cm³/mol. The number of anilines is 1. The average Bonchev–Trinajstić information content (AvgIpc) is 3.25. The molecule has 3 aliphatic rings. The van der Waals surface area contributed by atoms with Crippen LogP contribution in [-0.2, 0) is 26.2 Å². The normalized spacial score (nSPS) is 21.8. The van der Waals surface area contributed by atoms with Gasteiger partial charge in [-0.1, -0.05) is 32.6 Å². The number of aromatic nitrogens is 2. The van der Waals surface area contributed by atoms with Crippen molar-refractivity contribution in [1.82, 2.24) is 24.9 Å². The molecule has 2 amide bonds. The van der Waals surface area contributed by atoms with Crippen molar-refractivity contribution >= 4 is 39.9 Å². The third kappa shape index (κ3) is 7.66. The number of piperazine rings is 1. The van der Waals surface area contributed by atoms with Crippen LogP contribution in [0.1, 0.15) is 88.1 Å². The second kappa shape index (κ2) is 14.0. The van der Waals surface area contributed by atoms with Gasteiger partial charge in [-0.3, -0.25) is 19.2 Å². The van der Waals surface area contributed by atoms with Crippen LogP contribution in [0.2, 0.25) is 0 Å². The minimum Gasteiger partial charge on any atom is -0.390 e. The maximum absolute atomic E-state index is 13.9. The first-order valence-corrected chi connectivity index (χ1v) is 17.9. The molecule has 0 radical (unpaired) electrons. The number of rotatable bonds is 10. The van der Waals surface area contributed by atoms with E-state index < -0.39 is 27.2 Å². The summed E-state index contributed by atoms with van der Waals surface area (Å²) >= 11 is 0. The van der Waals surface area contributed by atoms with E-state index in [0.717, 1.165) is 61.0 Å². The van der Waals surface area contributed by atoms with Crippen LogP contribution in [0.5, 0.6) is 0 Å². The second-order valence-electron chi connectivity index (χ2n) is 13.1. The lowest BCUT2D eigenvalue weighted by molar-refractivity contribution is -0.163. The van der Waals surface area contributed by atoms with Crippen LogP contribution in [0, 0.1) is 13.8 Å². The second-order valence-corrected chi connectivity index (χ2v) is 14.9. The summed E-state index contributed by atoms with van der Waals surface area (Å²) < 4.78 is 27.5. The molecule has 3 heterocycles. The van der Waals surface area contributed by atoms with E-state index in [0.29, 0.717) is 64.0 Å². The van der Waals surface area contributed by atoms with Gasteiger partial charge in [0.25, 0.3) is 0 Å². The number of hydrogen-bond donors (Lipinski definition) is 3. The highest BCUT2D eigenvalue weighted by Gasteiger charge is 2.54. The number of carbonyl (C=O) groups is 2. The van der Waals surface area contributed by atoms with Crippen molar-refractivity contribution in [1.29, 1.82) is 0 Å². The molecule has 1 aromatic heterocycles. The number of amides is 2. The first-order chi connectivity index (χ1) is 20.8. The number of carbonyl (C=O) groups excluding carboxylic acids is 2. The third-order valence-electron chi connectivity index (χ3n) is 9.83. The van der Waals surface area contributed by atoms with E-state index in [4.69, 9.17) is 5.10 Å². The molecule has 1 aromatic carbocycles. The maximum Gasteiger partial charge on any atom is 0.246 e. The zero-order valence-electron chi connectivity index (χ0n) is 27.0. The van der Waals surface area contributed by atoms with E-state index in [9.17, 15) is 23.1 Å². The molecule has 250 valence electrons. The standard InChI is InChI=1S/C32H48N6O5S.ClH/c1-5-6-18-37-29(39)28(21-31(41)14-8-7-9-15-31)33-30(40)32(37)16-19-36(20-17-32)22-27-23(2)34-38(24(27)3)26-12-10-25(11-13-26)35-44(4,42)43;/h10-13,28,35,41H,5-9,14-22H2,1-4H3,(H,33,40);1H/t28-;/m1./s1. The van der Waals surface area contributed by atoms with E-state index >= 15 is 0 Å². The summed E-state index contributed by atoms with van der Waals surface area (Å²) in [7, 11) is -3.35. The van der Waals surface area contributed by atoms with Gasteiger partial charge in [0.05, 0.1) is 23.2 Å². The fraction of sp³-hybridized carbons (Fsp3) is 0.656. The van der Waals surface area contributed by atoms with E-state index in [1.54, 1.807) is 12.1 Å². The van der Waals surface area contributed by atoms with Crippen molar-refractivity contribution in [2.45, 2.75) is 109 Å². The Hall–Kier alpha value is -2.67. The Morgan fingerprint density at radius 1 is 1.04 bits per heavy atom. The van der Waals surface area contributed by atoms with Gasteiger partial charge in [0.1, 0.15) is 11.6 Å². The molecule has 0 unspecified atom stereocenters. The van der Waals surface area contributed by atoms with Gasteiger partial charge < -0.3 is 15.3 Å². The number of hydrogen-bond acceptors (Lipinski definition) is 7. The number of aryl methyl sites for hydroxylation is 1. The molecule has 0 bridgehead atoms. The molecular weight excluding hydrogens is 616 g/mol. The van der Waals surface area contributed by atoms with Crippen LogP contribution in [0.15, 0.2) is 24.3 Å². The summed E-state index contributed by atoms with van der Waals surface area (Å²) in [5, 5.41) is 19.0. The Kier molecular flexibility index (Phi) is 10.9.